The van der Waals surface area contributed by atoms with Crippen LogP contribution in [0.15, 0.2) is 42.5 Å². The summed E-state index contributed by atoms with van der Waals surface area (Å²) in [7, 11) is 0. The molecule has 1 nitrogen and oxygen atoms in total. The SMILES string of the molecule is C=C(C)C[C@H](N)c1ccccc1.Cl. The molecule has 0 unspecified atom stereocenters. The lowest BCUT2D eigenvalue weighted by Gasteiger charge is -2.10. The number of rotatable bonds is 3. The average Bonchev–Trinajstić information content (AvgIpc) is 2.05. The molecule has 0 aliphatic heterocycles. The summed E-state index contributed by atoms with van der Waals surface area (Å²) in [5.41, 5.74) is 8.25. The van der Waals surface area contributed by atoms with Gasteiger partial charge in [-0.25, -0.2) is 0 Å². The minimum atomic E-state index is 0. The van der Waals surface area contributed by atoms with Crippen LogP contribution in [0.4, 0.5) is 0 Å². The number of halogens is 1. The van der Waals surface area contributed by atoms with Gasteiger partial charge >= 0.3 is 0 Å². The van der Waals surface area contributed by atoms with Gasteiger partial charge in [0.2, 0.25) is 0 Å². The lowest BCUT2D eigenvalue weighted by atomic mass is 10.0. The van der Waals surface area contributed by atoms with Crippen molar-refractivity contribution in [2.75, 3.05) is 0 Å². The van der Waals surface area contributed by atoms with Crippen molar-refractivity contribution in [1.82, 2.24) is 0 Å². The van der Waals surface area contributed by atoms with Gasteiger partial charge in [0.25, 0.3) is 0 Å². The fraction of sp³-hybridized carbons (Fsp3) is 0.273. The summed E-state index contributed by atoms with van der Waals surface area (Å²) in [6, 6.07) is 10.2. The second-order valence-corrected chi connectivity index (χ2v) is 3.18. The summed E-state index contributed by atoms with van der Waals surface area (Å²) >= 11 is 0. The third-order valence-corrected chi connectivity index (χ3v) is 1.80. The molecule has 1 aromatic rings. The molecule has 0 saturated carbocycles. The summed E-state index contributed by atoms with van der Waals surface area (Å²) in [6.45, 7) is 5.84. The van der Waals surface area contributed by atoms with Crippen molar-refractivity contribution in [3.05, 3.63) is 48.0 Å². The van der Waals surface area contributed by atoms with Gasteiger partial charge in [0.05, 0.1) is 0 Å². The summed E-state index contributed by atoms with van der Waals surface area (Å²) in [5, 5.41) is 0. The van der Waals surface area contributed by atoms with Crippen LogP contribution in [0.2, 0.25) is 0 Å². The van der Waals surface area contributed by atoms with E-state index in [-0.39, 0.29) is 18.4 Å². The summed E-state index contributed by atoms with van der Waals surface area (Å²) in [6.07, 6.45) is 0.865. The number of hydrogen-bond acceptors (Lipinski definition) is 1. The molecule has 0 radical (unpaired) electrons. The predicted octanol–water partition coefficient (Wildman–Crippen LogP) is 3.07. The van der Waals surface area contributed by atoms with Crippen LogP contribution >= 0.6 is 12.4 Å². The topological polar surface area (TPSA) is 26.0 Å². The highest BCUT2D eigenvalue weighted by molar-refractivity contribution is 5.85. The van der Waals surface area contributed by atoms with Crippen LogP contribution in [-0.2, 0) is 0 Å². The molecule has 2 N–H and O–H groups in total. The maximum atomic E-state index is 5.94. The van der Waals surface area contributed by atoms with Crippen molar-refractivity contribution in [3.8, 4) is 0 Å². The van der Waals surface area contributed by atoms with E-state index in [0.717, 1.165) is 12.0 Å². The Bertz CT molecular complexity index is 256. The van der Waals surface area contributed by atoms with Crippen molar-refractivity contribution in [2.45, 2.75) is 19.4 Å². The van der Waals surface area contributed by atoms with Crippen molar-refractivity contribution in [1.29, 1.82) is 0 Å². The van der Waals surface area contributed by atoms with Crippen LogP contribution < -0.4 is 5.73 Å². The zero-order valence-electron chi connectivity index (χ0n) is 7.86. The Labute approximate surface area is 86.1 Å². The van der Waals surface area contributed by atoms with Crippen molar-refractivity contribution < 1.29 is 0 Å². The molecule has 0 aliphatic carbocycles. The molecule has 72 valence electrons. The smallest absolute Gasteiger partial charge is 0.0332 e. The first kappa shape index (κ1) is 12.2. The highest BCUT2D eigenvalue weighted by atomic mass is 35.5. The van der Waals surface area contributed by atoms with E-state index in [0.29, 0.717) is 0 Å². The molecule has 0 aliphatic rings. The second kappa shape index (κ2) is 5.79. The summed E-state index contributed by atoms with van der Waals surface area (Å²) < 4.78 is 0. The van der Waals surface area contributed by atoms with Crippen molar-refractivity contribution >= 4 is 12.4 Å². The van der Waals surface area contributed by atoms with E-state index in [2.05, 4.69) is 6.58 Å². The van der Waals surface area contributed by atoms with Crippen LogP contribution in [0.5, 0.6) is 0 Å². The fourth-order valence-electron chi connectivity index (χ4n) is 1.19. The van der Waals surface area contributed by atoms with Crippen LogP contribution in [0.1, 0.15) is 24.9 Å². The largest absolute Gasteiger partial charge is 0.324 e. The van der Waals surface area contributed by atoms with E-state index < -0.39 is 0 Å². The Morgan fingerprint density at radius 2 is 1.92 bits per heavy atom. The van der Waals surface area contributed by atoms with Crippen LogP contribution in [-0.4, -0.2) is 0 Å². The standard InChI is InChI=1S/C11H15N.ClH/c1-9(2)8-11(12)10-6-4-3-5-7-10;/h3-7,11H,1,8,12H2,2H3;1H/t11-;/m0./s1. The minimum Gasteiger partial charge on any atom is -0.324 e. The maximum Gasteiger partial charge on any atom is 0.0332 e. The lowest BCUT2D eigenvalue weighted by Crippen LogP contribution is -2.09. The van der Waals surface area contributed by atoms with Crippen molar-refractivity contribution in [2.24, 2.45) is 5.73 Å². The van der Waals surface area contributed by atoms with E-state index in [1.54, 1.807) is 0 Å². The molecule has 13 heavy (non-hydrogen) atoms. The molecule has 1 aromatic carbocycles. The number of hydrogen-bond donors (Lipinski definition) is 1. The molecule has 0 bridgehead atoms. The van der Waals surface area contributed by atoms with E-state index in [1.165, 1.54) is 5.56 Å². The molecular formula is C11H16ClN. The number of nitrogens with two attached hydrogens (primary N) is 1. The Kier molecular flexibility index (Phi) is 5.44. The third kappa shape index (κ3) is 4.11. The molecule has 1 atom stereocenters. The van der Waals surface area contributed by atoms with Gasteiger partial charge in [-0.3, -0.25) is 0 Å². The monoisotopic (exact) mass is 197 g/mol. The quantitative estimate of drug-likeness (QED) is 0.741. The predicted molar refractivity (Wildman–Crippen MR) is 60.0 cm³/mol. The molecule has 0 saturated heterocycles. The Morgan fingerprint density at radius 3 is 2.38 bits per heavy atom. The first-order valence-corrected chi connectivity index (χ1v) is 4.15. The summed E-state index contributed by atoms with van der Waals surface area (Å²) in [5.74, 6) is 0. The number of benzene rings is 1. The fourth-order valence-corrected chi connectivity index (χ4v) is 1.19. The van der Waals surface area contributed by atoms with E-state index >= 15 is 0 Å². The molecule has 2 heteroatoms. The Hall–Kier alpha value is -0.790. The Balaban J connectivity index is 0.00000144. The molecule has 0 amide bonds. The van der Waals surface area contributed by atoms with Gasteiger partial charge < -0.3 is 5.73 Å². The molecule has 1 rings (SSSR count). The third-order valence-electron chi connectivity index (χ3n) is 1.80. The average molecular weight is 198 g/mol. The van der Waals surface area contributed by atoms with E-state index in [9.17, 15) is 0 Å². The zero-order valence-corrected chi connectivity index (χ0v) is 8.68. The van der Waals surface area contributed by atoms with Gasteiger partial charge in [0.1, 0.15) is 0 Å². The highest BCUT2D eigenvalue weighted by Crippen LogP contribution is 2.16. The maximum absolute atomic E-state index is 5.94. The second-order valence-electron chi connectivity index (χ2n) is 3.18. The summed E-state index contributed by atoms with van der Waals surface area (Å²) in [4.78, 5) is 0. The van der Waals surface area contributed by atoms with Gasteiger partial charge in [0.15, 0.2) is 0 Å². The molecule has 0 aromatic heterocycles. The van der Waals surface area contributed by atoms with Gasteiger partial charge in [-0.2, -0.15) is 0 Å². The first-order chi connectivity index (χ1) is 5.70. The first-order valence-electron chi connectivity index (χ1n) is 4.15. The van der Waals surface area contributed by atoms with E-state index in [4.69, 9.17) is 5.73 Å². The normalized spacial score (nSPS) is 11.5. The molecular weight excluding hydrogens is 182 g/mol. The highest BCUT2D eigenvalue weighted by Gasteiger charge is 2.03. The Morgan fingerprint density at radius 1 is 1.38 bits per heavy atom. The van der Waals surface area contributed by atoms with E-state index in [1.807, 2.05) is 37.3 Å². The van der Waals surface area contributed by atoms with Crippen molar-refractivity contribution in [3.63, 3.8) is 0 Å². The zero-order chi connectivity index (χ0) is 8.97. The molecule has 0 fully saturated rings. The van der Waals surface area contributed by atoms with Gasteiger partial charge in [0, 0.05) is 6.04 Å². The van der Waals surface area contributed by atoms with Gasteiger partial charge in [-0.1, -0.05) is 35.9 Å². The molecule has 0 heterocycles. The van der Waals surface area contributed by atoms with Crippen LogP contribution in [0.3, 0.4) is 0 Å². The van der Waals surface area contributed by atoms with Gasteiger partial charge in [-0.15, -0.1) is 19.0 Å². The van der Waals surface area contributed by atoms with Gasteiger partial charge in [-0.05, 0) is 18.9 Å². The van der Waals surface area contributed by atoms with Crippen LogP contribution in [0, 0.1) is 0 Å². The lowest BCUT2D eigenvalue weighted by molar-refractivity contribution is 0.717. The van der Waals surface area contributed by atoms with Crippen LogP contribution in [0.25, 0.3) is 0 Å². The minimum absolute atomic E-state index is 0. The molecule has 0 spiro atoms.